The molecule has 0 bridgehead atoms. The Morgan fingerprint density at radius 1 is 1.60 bits per heavy atom. The average Bonchev–Trinajstić information content (AvgIpc) is 2.69. The van der Waals surface area contributed by atoms with E-state index in [0.717, 1.165) is 23.2 Å². The van der Waals surface area contributed by atoms with E-state index in [9.17, 15) is 0 Å². The topological polar surface area (TPSA) is 46.2 Å². The zero-order chi connectivity index (χ0) is 10.7. The van der Waals surface area contributed by atoms with E-state index in [-0.39, 0.29) is 6.10 Å². The van der Waals surface area contributed by atoms with Crippen LogP contribution in [0.2, 0.25) is 0 Å². The molecule has 1 fully saturated rings. The smallest absolute Gasteiger partial charge is 0.0908 e. The average molecular weight is 272 g/mol. The predicted molar refractivity (Wildman–Crippen MR) is 63.0 cm³/mol. The van der Waals surface area contributed by atoms with Crippen LogP contribution in [0.25, 0.3) is 0 Å². The van der Waals surface area contributed by atoms with E-state index in [1.54, 1.807) is 19.5 Å². The molecule has 0 saturated carbocycles. The Bertz CT molecular complexity index is 334. The quantitative estimate of drug-likeness (QED) is 0.869. The Hall–Kier alpha value is -0.650. The van der Waals surface area contributed by atoms with Gasteiger partial charge in [0, 0.05) is 32.6 Å². The molecule has 2 atom stereocenters. The molecule has 2 heterocycles. The van der Waals surface area contributed by atoms with Gasteiger partial charge in [-0.2, -0.15) is 0 Å². The van der Waals surface area contributed by atoms with Gasteiger partial charge in [0.05, 0.1) is 22.3 Å². The van der Waals surface area contributed by atoms with Crippen molar-refractivity contribution in [3.05, 3.63) is 22.9 Å². The van der Waals surface area contributed by atoms with Crippen LogP contribution in [-0.4, -0.2) is 37.3 Å². The number of rotatable bonds is 3. The molecule has 1 aliphatic rings. The Balaban J connectivity index is 2.05. The fourth-order valence-corrected chi connectivity index (χ4v) is 2.10. The fraction of sp³-hybridized carbons (Fsp3) is 0.500. The highest BCUT2D eigenvalue weighted by Crippen LogP contribution is 2.22. The van der Waals surface area contributed by atoms with Gasteiger partial charge in [-0.15, -0.1) is 0 Å². The number of nitrogens with one attached hydrogen (secondary N) is 2. The molecular weight excluding hydrogens is 258 g/mol. The second-order valence-corrected chi connectivity index (χ2v) is 4.39. The zero-order valence-corrected chi connectivity index (χ0v) is 10.1. The Morgan fingerprint density at radius 3 is 3.20 bits per heavy atom. The predicted octanol–water partition coefficient (Wildman–Crippen LogP) is 1.24. The lowest BCUT2D eigenvalue weighted by Crippen LogP contribution is -2.33. The number of pyridine rings is 1. The molecule has 1 saturated heterocycles. The molecule has 2 N–H and O–H groups in total. The molecule has 4 nitrogen and oxygen atoms in total. The summed E-state index contributed by atoms with van der Waals surface area (Å²) in [6, 6.07) is 2.27. The van der Waals surface area contributed by atoms with E-state index in [1.165, 1.54) is 0 Å². The van der Waals surface area contributed by atoms with Crippen molar-refractivity contribution in [3.8, 4) is 0 Å². The van der Waals surface area contributed by atoms with Gasteiger partial charge in [0.25, 0.3) is 0 Å². The van der Waals surface area contributed by atoms with E-state index < -0.39 is 0 Å². The summed E-state index contributed by atoms with van der Waals surface area (Å²) in [6.07, 6.45) is 3.79. The molecule has 0 amide bonds. The van der Waals surface area contributed by atoms with Crippen LogP contribution in [0, 0.1) is 0 Å². The van der Waals surface area contributed by atoms with Gasteiger partial charge >= 0.3 is 0 Å². The highest BCUT2D eigenvalue weighted by Gasteiger charge is 2.26. The summed E-state index contributed by atoms with van der Waals surface area (Å²) in [5, 5.41) is 6.73. The van der Waals surface area contributed by atoms with E-state index in [2.05, 4.69) is 31.5 Å². The van der Waals surface area contributed by atoms with E-state index in [0.29, 0.717) is 6.04 Å². The molecule has 5 heteroatoms. The van der Waals surface area contributed by atoms with Crippen LogP contribution in [0.4, 0.5) is 5.69 Å². The van der Waals surface area contributed by atoms with Crippen LogP contribution in [0.15, 0.2) is 22.9 Å². The molecule has 1 aromatic heterocycles. The molecule has 0 spiro atoms. The lowest BCUT2D eigenvalue weighted by atomic mass is 10.2. The summed E-state index contributed by atoms with van der Waals surface area (Å²) >= 11 is 3.46. The van der Waals surface area contributed by atoms with Crippen LogP contribution >= 0.6 is 15.9 Å². The number of halogens is 1. The normalized spacial score (nSPS) is 25.5. The van der Waals surface area contributed by atoms with Crippen LogP contribution < -0.4 is 10.6 Å². The maximum Gasteiger partial charge on any atom is 0.0908 e. The molecule has 82 valence electrons. The van der Waals surface area contributed by atoms with Crippen LogP contribution in [0.5, 0.6) is 0 Å². The van der Waals surface area contributed by atoms with E-state index >= 15 is 0 Å². The Morgan fingerprint density at radius 2 is 2.47 bits per heavy atom. The Kier molecular flexibility index (Phi) is 3.56. The van der Waals surface area contributed by atoms with Gasteiger partial charge < -0.3 is 15.4 Å². The van der Waals surface area contributed by atoms with Crippen molar-refractivity contribution in [1.82, 2.24) is 10.3 Å². The monoisotopic (exact) mass is 271 g/mol. The molecule has 1 unspecified atom stereocenters. The summed E-state index contributed by atoms with van der Waals surface area (Å²) in [6.45, 7) is 1.82. The summed E-state index contributed by atoms with van der Waals surface area (Å²) in [5.74, 6) is 0. The first kappa shape index (κ1) is 10.9. The number of hydrogen-bond acceptors (Lipinski definition) is 4. The summed E-state index contributed by atoms with van der Waals surface area (Å²) in [5.41, 5.74) is 1.06. The lowest BCUT2D eigenvalue weighted by molar-refractivity contribution is 0.111. The maximum atomic E-state index is 5.38. The molecule has 0 aliphatic carbocycles. The number of hydrogen-bond donors (Lipinski definition) is 2. The second-order valence-electron chi connectivity index (χ2n) is 3.54. The molecule has 15 heavy (non-hydrogen) atoms. The molecule has 0 aromatic carbocycles. The molecule has 1 aliphatic heterocycles. The van der Waals surface area contributed by atoms with Crippen molar-refractivity contribution in [2.24, 2.45) is 0 Å². The van der Waals surface area contributed by atoms with Crippen molar-refractivity contribution < 1.29 is 4.74 Å². The third-order valence-corrected chi connectivity index (χ3v) is 3.21. The molecular formula is C10H14BrN3O. The lowest BCUT2D eigenvalue weighted by Gasteiger charge is -2.20. The summed E-state index contributed by atoms with van der Waals surface area (Å²) in [4.78, 5) is 4.02. The maximum absolute atomic E-state index is 5.38. The van der Waals surface area contributed by atoms with Crippen molar-refractivity contribution in [2.75, 3.05) is 25.5 Å². The third-order valence-electron chi connectivity index (χ3n) is 2.57. The van der Waals surface area contributed by atoms with Gasteiger partial charge in [-0.25, -0.2) is 0 Å². The number of aromatic nitrogens is 1. The Labute approximate surface area is 97.6 Å². The highest BCUT2D eigenvalue weighted by atomic mass is 79.9. The second kappa shape index (κ2) is 4.92. The van der Waals surface area contributed by atoms with Gasteiger partial charge in [0.1, 0.15) is 0 Å². The minimum Gasteiger partial charge on any atom is -0.378 e. The summed E-state index contributed by atoms with van der Waals surface area (Å²) in [7, 11) is 1.74. The first-order valence-electron chi connectivity index (χ1n) is 4.91. The first-order valence-corrected chi connectivity index (χ1v) is 5.70. The fourth-order valence-electron chi connectivity index (χ4n) is 1.74. The van der Waals surface area contributed by atoms with Gasteiger partial charge in [-0.3, -0.25) is 4.98 Å². The van der Waals surface area contributed by atoms with Crippen molar-refractivity contribution in [1.29, 1.82) is 0 Å². The molecule has 2 rings (SSSR count). The number of methoxy groups -OCH3 is 1. The number of anilines is 1. The number of nitrogens with zero attached hydrogens (tertiary/aromatic N) is 1. The SMILES string of the molecule is CO[C@H]1CNCC1Nc1ccncc1Br. The van der Waals surface area contributed by atoms with Gasteiger partial charge in [-0.1, -0.05) is 0 Å². The largest absolute Gasteiger partial charge is 0.378 e. The zero-order valence-electron chi connectivity index (χ0n) is 8.53. The summed E-state index contributed by atoms with van der Waals surface area (Å²) < 4.78 is 6.36. The van der Waals surface area contributed by atoms with Gasteiger partial charge in [-0.05, 0) is 22.0 Å². The minimum atomic E-state index is 0.227. The van der Waals surface area contributed by atoms with E-state index in [4.69, 9.17) is 4.74 Å². The number of ether oxygens (including phenoxy) is 1. The molecule has 1 aromatic rings. The van der Waals surface area contributed by atoms with Gasteiger partial charge in [0.15, 0.2) is 0 Å². The van der Waals surface area contributed by atoms with Crippen LogP contribution in [-0.2, 0) is 4.74 Å². The minimum absolute atomic E-state index is 0.227. The van der Waals surface area contributed by atoms with E-state index in [1.807, 2.05) is 6.07 Å². The van der Waals surface area contributed by atoms with Crippen LogP contribution in [0.3, 0.4) is 0 Å². The standard InChI is InChI=1S/C10H14BrN3O/c1-15-10-6-13-5-9(10)14-8-2-3-12-4-7(8)11/h2-4,9-10,13H,5-6H2,1H3,(H,12,14)/t9?,10-/m0/s1. The first-order chi connectivity index (χ1) is 7.31. The van der Waals surface area contributed by atoms with Crippen molar-refractivity contribution in [3.63, 3.8) is 0 Å². The van der Waals surface area contributed by atoms with Crippen molar-refractivity contribution >= 4 is 21.6 Å². The van der Waals surface area contributed by atoms with Crippen LogP contribution in [0.1, 0.15) is 0 Å². The van der Waals surface area contributed by atoms with Crippen molar-refractivity contribution in [2.45, 2.75) is 12.1 Å². The molecule has 0 radical (unpaired) electrons. The third kappa shape index (κ3) is 2.48. The van der Waals surface area contributed by atoms with Gasteiger partial charge in [0.2, 0.25) is 0 Å². The highest BCUT2D eigenvalue weighted by molar-refractivity contribution is 9.10.